The quantitative estimate of drug-likeness (QED) is 0.857. The van der Waals surface area contributed by atoms with Gasteiger partial charge >= 0.3 is 0 Å². The van der Waals surface area contributed by atoms with E-state index in [1.807, 2.05) is 12.1 Å². The number of methoxy groups -OCH3 is 1. The van der Waals surface area contributed by atoms with Crippen LogP contribution in [0.4, 0.5) is 0 Å². The van der Waals surface area contributed by atoms with Gasteiger partial charge in [-0.25, -0.2) is 0 Å². The lowest BCUT2D eigenvalue weighted by molar-refractivity contribution is 0.139. The van der Waals surface area contributed by atoms with Crippen molar-refractivity contribution in [1.29, 1.82) is 0 Å². The largest absolute Gasteiger partial charge is 0.507 e. The fraction of sp³-hybridized carbons (Fsp3) is 0.571. The second kappa shape index (κ2) is 5.59. The molecule has 0 spiro atoms. The molecule has 0 aliphatic carbocycles. The maximum absolute atomic E-state index is 9.96. The monoisotopic (exact) mass is 250 g/mol. The Kier molecular flexibility index (Phi) is 4.09. The molecule has 0 bridgehead atoms. The molecule has 2 rings (SSSR count). The van der Waals surface area contributed by atoms with Crippen molar-refractivity contribution in [3.63, 3.8) is 0 Å². The average Bonchev–Trinajstić information content (AvgIpc) is 2.34. The molecule has 4 nitrogen and oxygen atoms in total. The third kappa shape index (κ3) is 2.94. The van der Waals surface area contributed by atoms with Crippen LogP contribution in [0.5, 0.6) is 11.5 Å². The molecular weight excluding hydrogens is 228 g/mol. The summed E-state index contributed by atoms with van der Waals surface area (Å²) in [6.45, 7) is 3.96. The molecule has 2 atom stereocenters. The first-order chi connectivity index (χ1) is 8.60. The van der Waals surface area contributed by atoms with Gasteiger partial charge in [-0.15, -0.1) is 0 Å². The summed E-state index contributed by atoms with van der Waals surface area (Å²) in [5.74, 6) is 0.987. The Morgan fingerprint density at radius 3 is 2.89 bits per heavy atom. The predicted octanol–water partition coefficient (Wildman–Crippen LogP) is 1.71. The first kappa shape index (κ1) is 13.2. The highest BCUT2D eigenvalue weighted by atomic mass is 16.5. The van der Waals surface area contributed by atoms with Gasteiger partial charge in [0.25, 0.3) is 0 Å². The normalized spacial score (nSPS) is 25.1. The molecule has 3 N–H and O–H groups in total. The van der Waals surface area contributed by atoms with Gasteiger partial charge in [-0.3, -0.25) is 4.90 Å². The van der Waals surface area contributed by atoms with Crippen LogP contribution in [0.1, 0.15) is 25.3 Å². The summed E-state index contributed by atoms with van der Waals surface area (Å²) < 4.78 is 5.09. The number of benzene rings is 1. The van der Waals surface area contributed by atoms with Crippen molar-refractivity contribution in [1.82, 2.24) is 4.90 Å². The van der Waals surface area contributed by atoms with Gasteiger partial charge < -0.3 is 15.6 Å². The zero-order valence-corrected chi connectivity index (χ0v) is 11.1. The van der Waals surface area contributed by atoms with Crippen LogP contribution < -0.4 is 10.5 Å². The lowest BCUT2D eigenvalue weighted by Crippen LogP contribution is -2.44. The standard InChI is InChI=1S/C14H22N2O2/c1-10-7-12(15)5-6-16(10)9-11-3-4-13(18-2)8-14(11)17/h3-4,8,10,12,17H,5-7,9,15H2,1-2H3. The maximum atomic E-state index is 9.96. The van der Waals surface area contributed by atoms with Gasteiger partial charge in [0, 0.05) is 36.8 Å². The molecule has 0 amide bonds. The smallest absolute Gasteiger partial charge is 0.123 e. The summed E-state index contributed by atoms with van der Waals surface area (Å²) in [7, 11) is 1.60. The minimum absolute atomic E-state index is 0.302. The number of nitrogens with two attached hydrogens (primary N) is 1. The molecular formula is C14H22N2O2. The minimum Gasteiger partial charge on any atom is -0.507 e. The van der Waals surface area contributed by atoms with Crippen LogP contribution in [0.2, 0.25) is 0 Å². The summed E-state index contributed by atoms with van der Waals surface area (Å²) in [6.07, 6.45) is 2.05. The van der Waals surface area contributed by atoms with E-state index in [2.05, 4.69) is 11.8 Å². The number of likely N-dealkylation sites (tertiary alicyclic amines) is 1. The number of hydrogen-bond acceptors (Lipinski definition) is 4. The maximum Gasteiger partial charge on any atom is 0.123 e. The van der Waals surface area contributed by atoms with Gasteiger partial charge in [-0.05, 0) is 25.8 Å². The second-order valence-electron chi connectivity index (χ2n) is 5.10. The van der Waals surface area contributed by atoms with Crippen molar-refractivity contribution in [2.75, 3.05) is 13.7 Å². The van der Waals surface area contributed by atoms with Crippen molar-refractivity contribution in [2.24, 2.45) is 5.73 Å². The molecule has 0 aromatic heterocycles. The van der Waals surface area contributed by atoms with Gasteiger partial charge in [0.15, 0.2) is 0 Å². The van der Waals surface area contributed by atoms with Crippen molar-refractivity contribution in [2.45, 2.75) is 38.4 Å². The Morgan fingerprint density at radius 1 is 1.50 bits per heavy atom. The summed E-state index contributed by atoms with van der Waals surface area (Å²) in [5.41, 5.74) is 6.90. The summed E-state index contributed by atoms with van der Waals surface area (Å²) >= 11 is 0. The first-order valence-electron chi connectivity index (χ1n) is 6.45. The summed E-state index contributed by atoms with van der Waals surface area (Å²) in [5, 5.41) is 9.96. The van der Waals surface area contributed by atoms with E-state index >= 15 is 0 Å². The lowest BCUT2D eigenvalue weighted by atomic mass is 9.98. The number of hydrogen-bond donors (Lipinski definition) is 2. The van der Waals surface area contributed by atoms with E-state index in [9.17, 15) is 5.11 Å². The van der Waals surface area contributed by atoms with E-state index < -0.39 is 0 Å². The molecule has 1 fully saturated rings. The van der Waals surface area contributed by atoms with Crippen LogP contribution >= 0.6 is 0 Å². The molecule has 1 saturated heterocycles. The fourth-order valence-electron chi connectivity index (χ4n) is 2.52. The second-order valence-corrected chi connectivity index (χ2v) is 5.10. The van der Waals surface area contributed by atoms with Crippen molar-refractivity contribution >= 4 is 0 Å². The fourth-order valence-corrected chi connectivity index (χ4v) is 2.52. The zero-order chi connectivity index (χ0) is 13.1. The lowest BCUT2D eigenvalue weighted by Gasteiger charge is -2.36. The summed E-state index contributed by atoms with van der Waals surface area (Å²) in [6, 6.07) is 6.26. The van der Waals surface area contributed by atoms with Crippen molar-refractivity contribution in [3.05, 3.63) is 23.8 Å². The Labute approximate surface area is 108 Å². The first-order valence-corrected chi connectivity index (χ1v) is 6.45. The van der Waals surface area contributed by atoms with E-state index in [-0.39, 0.29) is 0 Å². The van der Waals surface area contributed by atoms with Gasteiger partial charge in [-0.2, -0.15) is 0 Å². The summed E-state index contributed by atoms with van der Waals surface area (Å²) in [4.78, 5) is 2.37. The van der Waals surface area contributed by atoms with E-state index in [1.54, 1.807) is 13.2 Å². The number of phenols is 1. The molecule has 1 aliphatic rings. The molecule has 1 aromatic carbocycles. The van der Waals surface area contributed by atoms with E-state index in [0.717, 1.165) is 31.5 Å². The van der Waals surface area contributed by atoms with Crippen LogP contribution in [-0.2, 0) is 6.54 Å². The molecule has 18 heavy (non-hydrogen) atoms. The number of ether oxygens (including phenoxy) is 1. The third-order valence-electron chi connectivity index (χ3n) is 3.72. The Bertz CT molecular complexity index is 409. The zero-order valence-electron chi connectivity index (χ0n) is 11.1. The SMILES string of the molecule is COc1ccc(CN2CCC(N)CC2C)c(O)c1. The molecule has 1 heterocycles. The average molecular weight is 250 g/mol. The highest BCUT2D eigenvalue weighted by molar-refractivity contribution is 5.39. The molecule has 1 aromatic rings. The molecule has 0 saturated carbocycles. The Morgan fingerprint density at radius 2 is 2.28 bits per heavy atom. The third-order valence-corrected chi connectivity index (χ3v) is 3.72. The number of piperidine rings is 1. The van der Waals surface area contributed by atoms with E-state index in [4.69, 9.17) is 10.5 Å². The molecule has 4 heteroatoms. The Balaban J connectivity index is 2.05. The highest BCUT2D eigenvalue weighted by Crippen LogP contribution is 2.26. The minimum atomic E-state index is 0.302. The highest BCUT2D eigenvalue weighted by Gasteiger charge is 2.23. The van der Waals surface area contributed by atoms with E-state index in [1.165, 1.54) is 0 Å². The number of rotatable bonds is 3. The van der Waals surface area contributed by atoms with Crippen LogP contribution in [0.25, 0.3) is 0 Å². The van der Waals surface area contributed by atoms with Crippen molar-refractivity contribution in [3.8, 4) is 11.5 Å². The molecule has 0 radical (unpaired) electrons. The topological polar surface area (TPSA) is 58.7 Å². The van der Waals surface area contributed by atoms with Crippen LogP contribution in [0.3, 0.4) is 0 Å². The van der Waals surface area contributed by atoms with Crippen LogP contribution in [0.15, 0.2) is 18.2 Å². The van der Waals surface area contributed by atoms with Gasteiger partial charge in [-0.1, -0.05) is 6.07 Å². The van der Waals surface area contributed by atoms with Gasteiger partial charge in [0.2, 0.25) is 0 Å². The Hall–Kier alpha value is -1.26. The van der Waals surface area contributed by atoms with Crippen molar-refractivity contribution < 1.29 is 9.84 Å². The van der Waals surface area contributed by atoms with Gasteiger partial charge in [0.05, 0.1) is 7.11 Å². The number of aromatic hydroxyl groups is 1. The molecule has 1 aliphatic heterocycles. The molecule has 2 unspecified atom stereocenters. The van der Waals surface area contributed by atoms with Gasteiger partial charge in [0.1, 0.15) is 11.5 Å². The van der Waals surface area contributed by atoms with E-state index in [0.29, 0.717) is 23.6 Å². The number of phenolic OH excluding ortho intramolecular Hbond substituents is 1. The predicted molar refractivity (Wildman–Crippen MR) is 71.7 cm³/mol. The van der Waals surface area contributed by atoms with Crippen LogP contribution in [0, 0.1) is 0 Å². The van der Waals surface area contributed by atoms with Crippen LogP contribution in [-0.4, -0.2) is 35.7 Å². The number of nitrogens with zero attached hydrogens (tertiary/aromatic N) is 1. The molecule has 100 valence electrons.